The maximum Gasteiger partial charge on any atom is 0.261 e. The molecule has 31 heavy (non-hydrogen) atoms. The van der Waals surface area contributed by atoms with Gasteiger partial charge in [-0.25, -0.2) is 17.2 Å². The molecule has 0 spiro atoms. The molecular weight excluding hydrogens is 422 g/mol. The van der Waals surface area contributed by atoms with Crippen LogP contribution >= 0.6 is 0 Å². The summed E-state index contributed by atoms with van der Waals surface area (Å²) in [5.74, 6) is -1.10. The Kier molecular flexibility index (Phi) is 6.40. The minimum absolute atomic E-state index is 0.0561. The SMILES string of the molecule is Cc1cc(S(=O)(=O)Nc2ccc(C(=O)N(C)C(C)c3ccc(F)cc3)cc2)ccc1F. The molecule has 1 amide bonds. The molecule has 0 fully saturated rings. The van der Waals surface area contributed by atoms with Crippen LogP contribution < -0.4 is 4.72 Å². The highest BCUT2D eigenvalue weighted by Crippen LogP contribution is 2.23. The van der Waals surface area contributed by atoms with Crippen molar-refractivity contribution in [3.63, 3.8) is 0 Å². The Labute approximate surface area is 180 Å². The summed E-state index contributed by atoms with van der Waals surface area (Å²) in [5, 5.41) is 0. The van der Waals surface area contributed by atoms with Crippen LogP contribution in [0.4, 0.5) is 14.5 Å². The van der Waals surface area contributed by atoms with Crippen LogP contribution in [0.3, 0.4) is 0 Å². The quantitative estimate of drug-likeness (QED) is 0.588. The second-order valence-corrected chi connectivity index (χ2v) is 8.92. The third-order valence-electron chi connectivity index (χ3n) is 5.08. The van der Waals surface area contributed by atoms with Crippen molar-refractivity contribution in [1.82, 2.24) is 4.90 Å². The maximum absolute atomic E-state index is 13.4. The fourth-order valence-corrected chi connectivity index (χ4v) is 4.17. The third-order valence-corrected chi connectivity index (χ3v) is 6.46. The van der Waals surface area contributed by atoms with E-state index in [4.69, 9.17) is 0 Å². The fourth-order valence-electron chi connectivity index (χ4n) is 3.02. The second kappa shape index (κ2) is 8.85. The van der Waals surface area contributed by atoms with Crippen LogP contribution in [0.25, 0.3) is 0 Å². The predicted octanol–water partition coefficient (Wildman–Crippen LogP) is 4.91. The van der Waals surface area contributed by atoms with E-state index in [-0.39, 0.29) is 33.9 Å². The molecule has 1 N–H and O–H groups in total. The number of carbonyl (C=O) groups excluding carboxylic acids is 1. The van der Waals surface area contributed by atoms with Crippen LogP contribution in [-0.2, 0) is 10.0 Å². The van der Waals surface area contributed by atoms with E-state index in [0.29, 0.717) is 5.56 Å². The highest BCUT2D eigenvalue weighted by Gasteiger charge is 2.20. The standard InChI is InChI=1S/C23H22F2N2O3S/c1-15-14-21(12-13-22(15)25)31(29,30)26-20-10-6-18(7-11-20)23(28)27(3)16(2)17-4-8-19(24)9-5-17/h4-14,16,26H,1-3H3. The number of carbonyl (C=O) groups is 1. The van der Waals surface area contributed by atoms with Crippen LogP contribution in [0, 0.1) is 18.6 Å². The van der Waals surface area contributed by atoms with Crippen molar-refractivity contribution >= 4 is 21.6 Å². The molecule has 0 heterocycles. The molecule has 0 aromatic heterocycles. The summed E-state index contributed by atoms with van der Waals surface area (Å²) in [5.41, 5.74) is 1.66. The van der Waals surface area contributed by atoms with Gasteiger partial charge in [0.2, 0.25) is 0 Å². The number of amides is 1. The summed E-state index contributed by atoms with van der Waals surface area (Å²) in [6.07, 6.45) is 0. The van der Waals surface area contributed by atoms with Gasteiger partial charge in [0.15, 0.2) is 0 Å². The van der Waals surface area contributed by atoms with E-state index < -0.39 is 15.8 Å². The Bertz CT molecular complexity index is 1190. The van der Waals surface area contributed by atoms with Gasteiger partial charge in [0.25, 0.3) is 15.9 Å². The van der Waals surface area contributed by atoms with Gasteiger partial charge < -0.3 is 4.90 Å². The molecular formula is C23H22F2N2O3S. The monoisotopic (exact) mass is 444 g/mol. The number of hydrogen-bond acceptors (Lipinski definition) is 3. The van der Waals surface area contributed by atoms with E-state index in [1.165, 1.54) is 60.4 Å². The zero-order chi connectivity index (χ0) is 22.8. The first kappa shape index (κ1) is 22.4. The molecule has 3 rings (SSSR count). The van der Waals surface area contributed by atoms with Crippen LogP contribution in [0.2, 0.25) is 0 Å². The van der Waals surface area contributed by atoms with Gasteiger partial charge in [0.1, 0.15) is 11.6 Å². The topological polar surface area (TPSA) is 66.5 Å². The minimum Gasteiger partial charge on any atom is -0.335 e. The van der Waals surface area contributed by atoms with Crippen molar-refractivity contribution < 1.29 is 22.0 Å². The lowest BCUT2D eigenvalue weighted by Crippen LogP contribution is -2.29. The van der Waals surface area contributed by atoms with E-state index in [1.54, 1.807) is 19.2 Å². The first-order valence-corrected chi connectivity index (χ1v) is 11.0. The first-order valence-electron chi connectivity index (χ1n) is 9.50. The summed E-state index contributed by atoms with van der Waals surface area (Å²) >= 11 is 0. The molecule has 0 radical (unpaired) electrons. The molecule has 3 aromatic rings. The van der Waals surface area contributed by atoms with Gasteiger partial charge in [-0.2, -0.15) is 0 Å². The zero-order valence-electron chi connectivity index (χ0n) is 17.3. The lowest BCUT2D eigenvalue weighted by Gasteiger charge is -2.25. The van der Waals surface area contributed by atoms with Gasteiger partial charge in [-0.05, 0) is 79.6 Å². The predicted molar refractivity (Wildman–Crippen MR) is 115 cm³/mol. The summed E-state index contributed by atoms with van der Waals surface area (Å²) in [4.78, 5) is 14.3. The van der Waals surface area contributed by atoms with E-state index in [0.717, 1.165) is 11.6 Å². The Morgan fingerprint density at radius 3 is 2.16 bits per heavy atom. The van der Waals surface area contributed by atoms with Gasteiger partial charge >= 0.3 is 0 Å². The van der Waals surface area contributed by atoms with Gasteiger partial charge in [0.05, 0.1) is 10.9 Å². The van der Waals surface area contributed by atoms with E-state index >= 15 is 0 Å². The van der Waals surface area contributed by atoms with E-state index in [2.05, 4.69) is 4.72 Å². The number of nitrogens with one attached hydrogen (secondary N) is 1. The van der Waals surface area contributed by atoms with Crippen LogP contribution in [0.5, 0.6) is 0 Å². The minimum atomic E-state index is -3.90. The Morgan fingerprint density at radius 2 is 1.58 bits per heavy atom. The van der Waals surface area contributed by atoms with Crippen molar-refractivity contribution in [3.05, 3.63) is 95.1 Å². The van der Waals surface area contributed by atoms with Crippen molar-refractivity contribution in [3.8, 4) is 0 Å². The average Bonchev–Trinajstić information content (AvgIpc) is 2.75. The molecule has 162 valence electrons. The normalized spacial score (nSPS) is 12.3. The van der Waals surface area contributed by atoms with Crippen molar-refractivity contribution in [1.29, 1.82) is 0 Å². The molecule has 0 bridgehead atoms. The fraction of sp³-hybridized carbons (Fsp3) is 0.174. The number of hydrogen-bond donors (Lipinski definition) is 1. The molecule has 0 aliphatic rings. The van der Waals surface area contributed by atoms with Crippen molar-refractivity contribution in [2.24, 2.45) is 0 Å². The van der Waals surface area contributed by atoms with Crippen molar-refractivity contribution in [2.75, 3.05) is 11.8 Å². The number of rotatable bonds is 6. The molecule has 0 aliphatic carbocycles. The summed E-state index contributed by atoms with van der Waals surface area (Å²) in [6, 6.07) is 15.2. The zero-order valence-corrected chi connectivity index (χ0v) is 18.1. The van der Waals surface area contributed by atoms with Gasteiger partial charge in [-0.1, -0.05) is 12.1 Å². The Balaban J connectivity index is 1.73. The molecule has 0 saturated heterocycles. The van der Waals surface area contributed by atoms with Gasteiger partial charge in [-0.15, -0.1) is 0 Å². The first-order chi connectivity index (χ1) is 14.6. The Hall–Kier alpha value is -3.26. The number of anilines is 1. The lowest BCUT2D eigenvalue weighted by atomic mass is 10.1. The summed E-state index contributed by atoms with van der Waals surface area (Å²) in [7, 11) is -2.25. The molecule has 1 atom stereocenters. The van der Waals surface area contributed by atoms with Gasteiger partial charge in [-0.3, -0.25) is 9.52 Å². The molecule has 3 aromatic carbocycles. The van der Waals surface area contributed by atoms with E-state index in [1.807, 2.05) is 6.92 Å². The Morgan fingerprint density at radius 1 is 0.968 bits per heavy atom. The molecule has 0 saturated carbocycles. The number of halogens is 2. The van der Waals surface area contributed by atoms with E-state index in [9.17, 15) is 22.0 Å². The number of nitrogens with zero attached hydrogens (tertiary/aromatic N) is 1. The number of aryl methyl sites for hydroxylation is 1. The molecule has 1 unspecified atom stereocenters. The van der Waals surface area contributed by atoms with Crippen LogP contribution in [0.1, 0.15) is 34.5 Å². The average molecular weight is 445 g/mol. The molecule has 0 aliphatic heterocycles. The largest absolute Gasteiger partial charge is 0.335 e. The second-order valence-electron chi connectivity index (χ2n) is 7.24. The highest BCUT2D eigenvalue weighted by molar-refractivity contribution is 7.92. The van der Waals surface area contributed by atoms with Crippen LogP contribution in [-0.4, -0.2) is 26.3 Å². The summed E-state index contributed by atoms with van der Waals surface area (Å²) < 4.78 is 54.0. The number of sulfonamides is 1. The summed E-state index contributed by atoms with van der Waals surface area (Å²) in [6.45, 7) is 3.32. The molecule has 5 nitrogen and oxygen atoms in total. The lowest BCUT2D eigenvalue weighted by molar-refractivity contribution is 0.0742. The molecule has 8 heteroatoms. The van der Waals surface area contributed by atoms with Crippen LogP contribution in [0.15, 0.2) is 71.6 Å². The van der Waals surface area contributed by atoms with Gasteiger partial charge in [0, 0.05) is 18.3 Å². The number of benzene rings is 3. The maximum atomic E-state index is 13.4. The third kappa shape index (κ3) is 5.08. The highest BCUT2D eigenvalue weighted by atomic mass is 32.2. The van der Waals surface area contributed by atoms with Crippen molar-refractivity contribution in [2.45, 2.75) is 24.8 Å². The smallest absolute Gasteiger partial charge is 0.261 e.